The summed E-state index contributed by atoms with van der Waals surface area (Å²) in [7, 11) is 0. The Kier molecular flexibility index (Phi) is 6.14. The molecule has 2 amide bonds. The number of carboxylic acids is 1. The molecule has 1 heterocycles. The third-order valence-electron chi connectivity index (χ3n) is 5.29. The Bertz CT molecular complexity index is 1090. The van der Waals surface area contributed by atoms with Gasteiger partial charge in [0.1, 0.15) is 11.6 Å². The Morgan fingerprint density at radius 3 is 2.15 bits per heavy atom. The van der Waals surface area contributed by atoms with Crippen LogP contribution in [0.4, 0.5) is 23.7 Å². The number of anilines is 1. The fraction of sp³-hybridized carbons (Fsp3) is 0.348. The average Bonchev–Trinajstić information content (AvgIpc) is 2.97. The molecule has 1 fully saturated rings. The van der Waals surface area contributed by atoms with E-state index in [-0.39, 0.29) is 24.6 Å². The van der Waals surface area contributed by atoms with E-state index < -0.39 is 29.3 Å². The fourth-order valence-electron chi connectivity index (χ4n) is 3.58. The van der Waals surface area contributed by atoms with Gasteiger partial charge in [0, 0.05) is 6.54 Å². The van der Waals surface area contributed by atoms with Crippen LogP contribution in [0.15, 0.2) is 36.4 Å². The number of nitrogens with one attached hydrogen (secondary N) is 1. The number of hydrogen-bond acceptors (Lipinski definition) is 4. The minimum atomic E-state index is -4.49. The number of ether oxygens (including phenoxy) is 1. The van der Waals surface area contributed by atoms with Crippen molar-refractivity contribution in [2.24, 2.45) is 0 Å². The van der Waals surface area contributed by atoms with Crippen LogP contribution in [-0.2, 0) is 17.5 Å². The summed E-state index contributed by atoms with van der Waals surface area (Å²) in [6.07, 6.45) is -4.49. The first kappa shape index (κ1) is 24.1. The summed E-state index contributed by atoms with van der Waals surface area (Å²) in [5.74, 6) is -0.704. The lowest BCUT2D eigenvalue weighted by atomic mass is 10.0. The highest BCUT2D eigenvalue weighted by atomic mass is 19.4. The van der Waals surface area contributed by atoms with Gasteiger partial charge in [-0.1, -0.05) is 12.1 Å². The molecule has 0 aliphatic carbocycles. The zero-order valence-corrected chi connectivity index (χ0v) is 18.6. The second kappa shape index (κ2) is 8.42. The van der Waals surface area contributed by atoms with Gasteiger partial charge in [0.05, 0.1) is 17.8 Å². The molecule has 2 aromatic carbocycles. The van der Waals surface area contributed by atoms with Crippen LogP contribution >= 0.6 is 0 Å². The molecule has 0 bridgehead atoms. The first-order chi connectivity index (χ1) is 15.2. The zero-order valence-electron chi connectivity index (χ0n) is 18.6. The van der Waals surface area contributed by atoms with Crippen LogP contribution in [0, 0.1) is 19.3 Å². The number of carbonyl (C=O) groups excluding carboxylic acids is 1. The molecular formula is C23H24F3N3O4. The fourth-order valence-corrected chi connectivity index (χ4v) is 3.58. The number of hydrogen-bond donors (Lipinski definition) is 2. The van der Waals surface area contributed by atoms with Gasteiger partial charge < -0.3 is 14.7 Å². The molecule has 176 valence electrons. The van der Waals surface area contributed by atoms with Gasteiger partial charge in [-0.3, -0.25) is 5.41 Å². The second-order valence-corrected chi connectivity index (χ2v) is 8.44. The van der Waals surface area contributed by atoms with E-state index in [1.165, 1.54) is 30.9 Å². The first-order valence-corrected chi connectivity index (χ1v) is 10.1. The second-order valence-electron chi connectivity index (χ2n) is 8.44. The highest BCUT2D eigenvalue weighted by Gasteiger charge is 2.36. The van der Waals surface area contributed by atoms with Crippen molar-refractivity contribution in [2.45, 2.75) is 46.0 Å². The maximum absolute atomic E-state index is 12.9. The number of rotatable bonds is 6. The number of aryl methyl sites for hydroxylation is 2. The van der Waals surface area contributed by atoms with E-state index in [2.05, 4.69) is 0 Å². The monoisotopic (exact) mass is 463 g/mol. The molecule has 2 N–H and O–H groups in total. The van der Waals surface area contributed by atoms with Crippen LogP contribution in [0.5, 0.6) is 5.75 Å². The molecule has 1 aliphatic heterocycles. The van der Waals surface area contributed by atoms with Crippen molar-refractivity contribution in [3.05, 3.63) is 58.7 Å². The molecule has 0 saturated carbocycles. The summed E-state index contributed by atoms with van der Waals surface area (Å²) in [5.41, 5.74) is 0.0782. The van der Waals surface area contributed by atoms with Crippen LogP contribution in [0.2, 0.25) is 0 Å². The third kappa shape index (κ3) is 4.94. The number of amides is 2. The quantitative estimate of drug-likeness (QED) is 0.632. The van der Waals surface area contributed by atoms with Gasteiger partial charge in [0.15, 0.2) is 5.60 Å². The summed E-state index contributed by atoms with van der Waals surface area (Å²) in [6, 6.07) is 7.14. The number of amidine groups is 1. The third-order valence-corrected chi connectivity index (χ3v) is 5.29. The SMILES string of the molecule is Cc1cc(CN2CC(=N)N(c3ccc(C(F)(F)F)cc3)C2=O)cc(C)c1OC(C)(C)C(=O)O. The molecule has 33 heavy (non-hydrogen) atoms. The molecule has 2 aromatic rings. The number of urea groups is 1. The summed E-state index contributed by atoms with van der Waals surface area (Å²) in [5, 5.41) is 17.5. The predicted octanol–water partition coefficient (Wildman–Crippen LogP) is 4.98. The van der Waals surface area contributed by atoms with Crippen molar-refractivity contribution in [1.82, 2.24) is 4.90 Å². The van der Waals surface area contributed by atoms with Gasteiger partial charge in [0.25, 0.3) is 0 Å². The Hall–Kier alpha value is -3.56. The van der Waals surface area contributed by atoms with Crippen molar-refractivity contribution >= 4 is 23.5 Å². The number of carbonyl (C=O) groups is 2. The number of nitrogens with zero attached hydrogens (tertiary/aromatic N) is 2. The van der Waals surface area contributed by atoms with Gasteiger partial charge in [-0.2, -0.15) is 13.2 Å². The highest BCUT2D eigenvalue weighted by Crippen LogP contribution is 2.33. The maximum Gasteiger partial charge on any atom is 0.416 e. The van der Waals surface area contributed by atoms with E-state index in [0.717, 1.165) is 22.6 Å². The lowest BCUT2D eigenvalue weighted by Crippen LogP contribution is -2.38. The van der Waals surface area contributed by atoms with Crippen LogP contribution in [0.3, 0.4) is 0 Å². The van der Waals surface area contributed by atoms with Gasteiger partial charge >= 0.3 is 18.2 Å². The number of aliphatic carboxylic acids is 1. The molecular weight excluding hydrogens is 439 g/mol. The van der Waals surface area contributed by atoms with E-state index in [4.69, 9.17) is 10.1 Å². The first-order valence-electron chi connectivity index (χ1n) is 10.1. The molecule has 0 unspecified atom stereocenters. The van der Waals surface area contributed by atoms with E-state index in [1.54, 1.807) is 26.0 Å². The Morgan fingerprint density at radius 2 is 1.67 bits per heavy atom. The molecule has 1 saturated heterocycles. The van der Waals surface area contributed by atoms with E-state index in [9.17, 15) is 27.9 Å². The maximum atomic E-state index is 12.9. The molecule has 1 aliphatic rings. The van der Waals surface area contributed by atoms with Crippen molar-refractivity contribution in [1.29, 1.82) is 5.41 Å². The summed E-state index contributed by atoms with van der Waals surface area (Å²) >= 11 is 0. The number of carboxylic acid groups (broad SMARTS) is 1. The largest absolute Gasteiger partial charge is 0.478 e. The van der Waals surface area contributed by atoms with Gasteiger partial charge in [-0.15, -0.1) is 0 Å². The van der Waals surface area contributed by atoms with Crippen molar-refractivity contribution in [2.75, 3.05) is 11.4 Å². The van der Waals surface area contributed by atoms with Crippen molar-refractivity contribution in [3.8, 4) is 5.75 Å². The normalized spacial score (nSPS) is 14.8. The average molecular weight is 463 g/mol. The van der Waals surface area contributed by atoms with Crippen LogP contribution < -0.4 is 9.64 Å². The minimum Gasteiger partial charge on any atom is -0.478 e. The summed E-state index contributed by atoms with van der Waals surface area (Å²) in [6.45, 7) is 6.61. The smallest absolute Gasteiger partial charge is 0.416 e. The molecule has 0 aromatic heterocycles. The van der Waals surface area contributed by atoms with Crippen LogP contribution in [0.1, 0.15) is 36.1 Å². The molecule has 7 nitrogen and oxygen atoms in total. The highest BCUT2D eigenvalue weighted by molar-refractivity contribution is 6.20. The summed E-state index contributed by atoms with van der Waals surface area (Å²) < 4.78 is 44.1. The van der Waals surface area contributed by atoms with E-state index >= 15 is 0 Å². The summed E-state index contributed by atoms with van der Waals surface area (Å²) in [4.78, 5) is 26.8. The van der Waals surface area contributed by atoms with Crippen LogP contribution in [0.25, 0.3) is 0 Å². The van der Waals surface area contributed by atoms with E-state index in [1.807, 2.05) is 0 Å². The lowest BCUT2D eigenvalue weighted by Gasteiger charge is -2.25. The lowest BCUT2D eigenvalue weighted by molar-refractivity contribution is -0.152. The number of alkyl halides is 3. The van der Waals surface area contributed by atoms with Crippen molar-refractivity contribution in [3.63, 3.8) is 0 Å². The Morgan fingerprint density at radius 1 is 1.12 bits per heavy atom. The van der Waals surface area contributed by atoms with E-state index in [0.29, 0.717) is 16.9 Å². The minimum absolute atomic E-state index is 0.00223. The predicted molar refractivity (Wildman–Crippen MR) is 116 cm³/mol. The van der Waals surface area contributed by atoms with Gasteiger partial charge in [-0.05, 0) is 68.7 Å². The topological polar surface area (TPSA) is 93.9 Å². The van der Waals surface area contributed by atoms with Crippen LogP contribution in [-0.4, -0.2) is 40.0 Å². The van der Waals surface area contributed by atoms with Crippen molar-refractivity contribution < 1.29 is 32.6 Å². The Balaban J connectivity index is 1.79. The van der Waals surface area contributed by atoms with Gasteiger partial charge in [0.2, 0.25) is 0 Å². The zero-order chi connectivity index (χ0) is 24.7. The molecule has 0 radical (unpaired) electrons. The number of halogens is 3. The standard InChI is InChI=1S/C23H24F3N3O4/c1-13-9-15(10-14(2)19(13)33-22(3,4)20(30)31)11-28-12-18(27)29(21(28)32)17-7-5-16(6-8-17)23(24,25)26/h5-10,27H,11-12H2,1-4H3,(H,30,31). The van der Waals surface area contributed by atoms with Gasteiger partial charge in [-0.25, -0.2) is 14.5 Å². The molecule has 0 spiro atoms. The molecule has 10 heteroatoms. The Labute approximate surface area is 188 Å². The number of benzene rings is 2. The molecule has 0 atom stereocenters. The molecule has 3 rings (SSSR count).